The van der Waals surface area contributed by atoms with Crippen molar-refractivity contribution in [3.63, 3.8) is 0 Å². The van der Waals surface area contributed by atoms with Gasteiger partial charge in [-0.05, 0) is 38.1 Å². The Kier molecular flexibility index (Phi) is 3.20. The first-order chi connectivity index (χ1) is 7.66. The van der Waals surface area contributed by atoms with E-state index >= 15 is 0 Å². The van der Waals surface area contributed by atoms with Gasteiger partial charge >= 0.3 is 0 Å². The zero-order valence-corrected chi connectivity index (χ0v) is 10.3. The summed E-state index contributed by atoms with van der Waals surface area (Å²) < 4.78 is 12.2. The third-order valence-electron chi connectivity index (χ3n) is 2.47. The molecule has 82 valence electrons. The molecule has 0 aromatic heterocycles. The van der Waals surface area contributed by atoms with Crippen molar-refractivity contribution in [3.8, 4) is 0 Å². The zero-order valence-electron chi connectivity index (χ0n) is 9.44. The Morgan fingerprint density at radius 3 is 1.31 bits per heavy atom. The third kappa shape index (κ3) is 2.39. The maximum absolute atomic E-state index is 12.2. The molecule has 0 atom stereocenters. The molecule has 0 bridgehead atoms. The Morgan fingerprint density at radius 2 is 1.00 bits per heavy atom. The van der Waals surface area contributed by atoms with Crippen molar-refractivity contribution in [2.75, 3.05) is 0 Å². The van der Waals surface area contributed by atoms with E-state index in [2.05, 4.69) is 0 Å². The number of hydrogen-bond acceptors (Lipinski definition) is 1. The molecule has 0 saturated carbocycles. The Bertz CT molecular complexity index is 450. The molecule has 0 spiro atoms. The van der Waals surface area contributed by atoms with Gasteiger partial charge in [-0.2, -0.15) is 0 Å². The first kappa shape index (κ1) is 11.1. The van der Waals surface area contributed by atoms with Crippen molar-refractivity contribution in [1.29, 1.82) is 0 Å². The van der Waals surface area contributed by atoms with Gasteiger partial charge in [-0.25, -0.2) is 4.21 Å². The van der Waals surface area contributed by atoms with Crippen LogP contribution >= 0.6 is 0 Å². The predicted molar refractivity (Wildman–Crippen MR) is 67.0 cm³/mol. The summed E-state index contributed by atoms with van der Waals surface area (Å²) in [7, 11) is -1.06. The van der Waals surface area contributed by atoms with Crippen LogP contribution in [-0.2, 0) is 10.8 Å². The van der Waals surface area contributed by atoms with Crippen LogP contribution in [0.1, 0.15) is 11.1 Å². The second-order valence-corrected chi connectivity index (χ2v) is 5.38. The standard InChI is InChI=1S/C14H14OS/c1-11-3-7-13(8-4-11)16(15)14-9-5-12(2)6-10-14/h3-10H,1-2H3/i15+0. The number of rotatable bonds is 2. The van der Waals surface area contributed by atoms with Crippen molar-refractivity contribution in [3.05, 3.63) is 59.7 Å². The maximum atomic E-state index is 12.2. The number of benzene rings is 2. The van der Waals surface area contributed by atoms with Crippen LogP contribution in [0, 0.1) is 13.8 Å². The van der Waals surface area contributed by atoms with Crippen LogP contribution in [0.3, 0.4) is 0 Å². The SMILES string of the molecule is Cc1ccc(S(=[16O])c2ccc(C)cc2)cc1. The molecular formula is C14H14OS. The molecule has 0 aliphatic rings. The average molecular weight is 230 g/mol. The molecule has 0 aliphatic carbocycles. The normalized spacial score (nSPS) is 10.7. The molecule has 0 N–H and O–H groups in total. The Labute approximate surface area is 98.6 Å². The molecule has 1 nitrogen and oxygen atoms in total. The molecule has 2 aromatic rings. The van der Waals surface area contributed by atoms with Gasteiger partial charge in [0.05, 0.1) is 10.8 Å². The first-order valence-electron chi connectivity index (χ1n) is 5.22. The van der Waals surface area contributed by atoms with E-state index in [1.165, 1.54) is 11.1 Å². The molecule has 2 heteroatoms. The lowest BCUT2D eigenvalue weighted by molar-refractivity contribution is 0.683. The third-order valence-corrected chi connectivity index (χ3v) is 3.87. The molecule has 0 unspecified atom stereocenters. The van der Waals surface area contributed by atoms with Crippen molar-refractivity contribution < 1.29 is 4.21 Å². The smallest absolute Gasteiger partial charge is 0.0849 e. The van der Waals surface area contributed by atoms with E-state index in [-0.39, 0.29) is 0 Å². The fraction of sp³-hybridized carbons (Fsp3) is 0.143. The van der Waals surface area contributed by atoms with E-state index in [0.717, 1.165) is 9.79 Å². The van der Waals surface area contributed by atoms with Crippen LogP contribution in [0.2, 0.25) is 0 Å². The highest BCUT2D eigenvalue weighted by Gasteiger charge is 2.05. The summed E-state index contributed by atoms with van der Waals surface area (Å²) in [5.41, 5.74) is 2.37. The lowest BCUT2D eigenvalue weighted by atomic mass is 10.2. The van der Waals surface area contributed by atoms with Crippen LogP contribution < -0.4 is 0 Å². The topological polar surface area (TPSA) is 17.1 Å². The predicted octanol–water partition coefficient (Wildman–Crippen LogP) is 3.47. The van der Waals surface area contributed by atoms with E-state index < -0.39 is 10.8 Å². The minimum atomic E-state index is -1.06. The summed E-state index contributed by atoms with van der Waals surface area (Å²) in [6, 6.07) is 15.6. The van der Waals surface area contributed by atoms with Gasteiger partial charge in [0.25, 0.3) is 0 Å². The summed E-state index contributed by atoms with van der Waals surface area (Å²) in [5.74, 6) is 0. The van der Waals surface area contributed by atoms with Crippen LogP contribution in [0.25, 0.3) is 0 Å². The zero-order chi connectivity index (χ0) is 11.5. The van der Waals surface area contributed by atoms with E-state index in [1.54, 1.807) is 0 Å². The fourth-order valence-electron chi connectivity index (χ4n) is 1.46. The van der Waals surface area contributed by atoms with Gasteiger partial charge < -0.3 is 0 Å². The van der Waals surface area contributed by atoms with Gasteiger partial charge in [-0.1, -0.05) is 35.4 Å². The molecule has 0 saturated heterocycles. The molecular weight excluding hydrogens is 216 g/mol. The van der Waals surface area contributed by atoms with Gasteiger partial charge in [0.15, 0.2) is 0 Å². The lowest BCUT2D eigenvalue weighted by Gasteiger charge is -2.03. The van der Waals surface area contributed by atoms with Crippen molar-refractivity contribution in [1.82, 2.24) is 0 Å². The van der Waals surface area contributed by atoms with E-state index in [4.69, 9.17) is 0 Å². The van der Waals surface area contributed by atoms with E-state index in [1.807, 2.05) is 62.4 Å². The number of aryl methyl sites for hydroxylation is 2. The summed E-state index contributed by atoms with van der Waals surface area (Å²) in [4.78, 5) is 1.71. The van der Waals surface area contributed by atoms with Gasteiger partial charge in [-0.3, -0.25) is 0 Å². The van der Waals surface area contributed by atoms with Crippen LogP contribution in [-0.4, -0.2) is 4.21 Å². The summed E-state index contributed by atoms with van der Waals surface area (Å²) in [6.07, 6.45) is 0. The van der Waals surface area contributed by atoms with Crippen LogP contribution in [0.4, 0.5) is 0 Å². The molecule has 16 heavy (non-hydrogen) atoms. The molecule has 0 amide bonds. The monoisotopic (exact) mass is 230 g/mol. The average Bonchev–Trinajstić information content (AvgIpc) is 2.30. The lowest BCUT2D eigenvalue weighted by Crippen LogP contribution is -1.92. The molecule has 0 fully saturated rings. The molecule has 2 rings (SSSR count). The molecule has 0 heterocycles. The second-order valence-electron chi connectivity index (χ2n) is 3.89. The summed E-state index contributed by atoms with van der Waals surface area (Å²) in [6.45, 7) is 4.05. The summed E-state index contributed by atoms with van der Waals surface area (Å²) in [5, 5.41) is 0. The first-order valence-corrected chi connectivity index (χ1v) is 6.37. The highest BCUT2D eigenvalue weighted by atomic mass is 32.2. The number of hydrogen-bond donors (Lipinski definition) is 0. The second kappa shape index (κ2) is 4.62. The Hall–Kier alpha value is -1.41. The minimum absolute atomic E-state index is 0.856. The highest BCUT2D eigenvalue weighted by molar-refractivity contribution is 7.85. The quantitative estimate of drug-likeness (QED) is 0.772. The maximum Gasteiger partial charge on any atom is 0.0849 e. The fourth-order valence-corrected chi connectivity index (χ4v) is 2.50. The highest BCUT2D eigenvalue weighted by Crippen LogP contribution is 2.17. The van der Waals surface area contributed by atoms with Crippen molar-refractivity contribution >= 4 is 10.8 Å². The van der Waals surface area contributed by atoms with Crippen molar-refractivity contribution in [2.45, 2.75) is 23.6 Å². The Balaban J connectivity index is 2.32. The van der Waals surface area contributed by atoms with Gasteiger partial charge in [-0.15, -0.1) is 0 Å². The van der Waals surface area contributed by atoms with Crippen LogP contribution in [0.15, 0.2) is 58.3 Å². The largest absolute Gasteiger partial charge is 0.249 e. The van der Waals surface area contributed by atoms with Crippen molar-refractivity contribution in [2.24, 2.45) is 0 Å². The van der Waals surface area contributed by atoms with E-state index in [0.29, 0.717) is 0 Å². The van der Waals surface area contributed by atoms with Gasteiger partial charge in [0, 0.05) is 9.79 Å². The summed E-state index contributed by atoms with van der Waals surface area (Å²) >= 11 is 0. The minimum Gasteiger partial charge on any atom is -0.249 e. The Morgan fingerprint density at radius 1 is 0.688 bits per heavy atom. The molecule has 0 aliphatic heterocycles. The van der Waals surface area contributed by atoms with E-state index in [9.17, 15) is 4.21 Å². The van der Waals surface area contributed by atoms with Crippen LogP contribution in [0.5, 0.6) is 0 Å². The molecule has 2 aromatic carbocycles. The molecule has 0 radical (unpaired) electrons. The van der Waals surface area contributed by atoms with Gasteiger partial charge in [0.1, 0.15) is 0 Å². The van der Waals surface area contributed by atoms with Gasteiger partial charge in [0.2, 0.25) is 0 Å².